The number of likely N-dealkylation sites (tertiary alicyclic amines) is 1. The normalized spacial score (nSPS) is 18.1. The fourth-order valence-corrected chi connectivity index (χ4v) is 3.56. The van der Waals surface area contributed by atoms with Crippen LogP contribution in [-0.2, 0) is 9.84 Å². The molecule has 1 aromatic heterocycles. The Morgan fingerprint density at radius 2 is 2.05 bits per heavy atom. The standard InChI is InChI=1S/C15H25N3O2S/c1-12(2)11-18-9-6-13(7-10-18)17-15-14(21(3,19)20)5-4-8-16-15/h4-5,8,12-13H,6-7,9-11H2,1-3H3,(H,16,17). The molecule has 0 radical (unpaired) electrons. The van der Waals surface area contributed by atoms with Gasteiger partial charge in [0, 0.05) is 38.1 Å². The first kappa shape index (κ1) is 16.2. The molecule has 0 amide bonds. The van der Waals surface area contributed by atoms with Crippen molar-refractivity contribution < 1.29 is 8.42 Å². The quantitative estimate of drug-likeness (QED) is 0.901. The Balaban J connectivity index is 1.98. The van der Waals surface area contributed by atoms with Gasteiger partial charge in [-0.3, -0.25) is 0 Å². The smallest absolute Gasteiger partial charge is 0.179 e. The van der Waals surface area contributed by atoms with Gasteiger partial charge in [-0.15, -0.1) is 0 Å². The van der Waals surface area contributed by atoms with Gasteiger partial charge < -0.3 is 10.2 Å². The van der Waals surface area contributed by atoms with Crippen LogP contribution in [0.15, 0.2) is 23.2 Å². The van der Waals surface area contributed by atoms with Crippen molar-refractivity contribution in [2.75, 3.05) is 31.2 Å². The number of piperidine rings is 1. The maximum atomic E-state index is 11.8. The lowest BCUT2D eigenvalue weighted by Crippen LogP contribution is -2.40. The number of pyridine rings is 1. The second kappa shape index (κ2) is 6.75. The predicted octanol–water partition coefficient (Wildman–Crippen LogP) is 2.02. The van der Waals surface area contributed by atoms with E-state index in [1.807, 2.05) is 0 Å². The summed E-state index contributed by atoms with van der Waals surface area (Å²) in [5, 5.41) is 3.31. The highest BCUT2D eigenvalue weighted by atomic mass is 32.2. The second-order valence-corrected chi connectivity index (χ2v) is 8.22. The van der Waals surface area contributed by atoms with Crippen molar-refractivity contribution in [2.45, 2.75) is 37.6 Å². The van der Waals surface area contributed by atoms with Crippen LogP contribution in [0.3, 0.4) is 0 Å². The molecule has 1 N–H and O–H groups in total. The zero-order chi connectivity index (χ0) is 15.5. The SMILES string of the molecule is CC(C)CN1CCC(Nc2ncccc2S(C)(=O)=O)CC1. The zero-order valence-corrected chi connectivity index (χ0v) is 13.9. The third-order valence-electron chi connectivity index (χ3n) is 3.72. The second-order valence-electron chi connectivity index (χ2n) is 6.24. The molecule has 0 atom stereocenters. The van der Waals surface area contributed by atoms with Gasteiger partial charge in [-0.2, -0.15) is 0 Å². The van der Waals surface area contributed by atoms with E-state index in [1.54, 1.807) is 18.3 Å². The first-order valence-corrected chi connectivity index (χ1v) is 9.39. The molecule has 1 aliphatic rings. The molecule has 0 unspecified atom stereocenters. The Bertz CT molecular complexity index is 564. The molecule has 0 aromatic carbocycles. The first-order chi connectivity index (χ1) is 9.86. The summed E-state index contributed by atoms with van der Waals surface area (Å²) in [6.07, 6.45) is 4.89. The molecule has 1 fully saturated rings. The highest BCUT2D eigenvalue weighted by Crippen LogP contribution is 2.22. The van der Waals surface area contributed by atoms with Crippen molar-refractivity contribution in [3.05, 3.63) is 18.3 Å². The summed E-state index contributed by atoms with van der Waals surface area (Å²) in [5.74, 6) is 1.17. The molecule has 0 spiro atoms. The lowest BCUT2D eigenvalue weighted by Gasteiger charge is -2.33. The molecular weight excluding hydrogens is 286 g/mol. The lowest BCUT2D eigenvalue weighted by atomic mass is 10.0. The molecular formula is C15H25N3O2S. The summed E-state index contributed by atoms with van der Waals surface area (Å²) in [6.45, 7) is 7.70. The predicted molar refractivity (Wildman–Crippen MR) is 85.3 cm³/mol. The van der Waals surface area contributed by atoms with Gasteiger partial charge in [0.2, 0.25) is 0 Å². The Morgan fingerprint density at radius 1 is 1.38 bits per heavy atom. The van der Waals surface area contributed by atoms with Crippen molar-refractivity contribution in [3.8, 4) is 0 Å². The number of hydrogen-bond donors (Lipinski definition) is 1. The summed E-state index contributed by atoms with van der Waals surface area (Å²) >= 11 is 0. The van der Waals surface area contributed by atoms with Crippen LogP contribution in [0.25, 0.3) is 0 Å². The molecule has 0 saturated carbocycles. The highest BCUT2D eigenvalue weighted by molar-refractivity contribution is 7.90. The van der Waals surface area contributed by atoms with E-state index in [0.717, 1.165) is 32.5 Å². The topological polar surface area (TPSA) is 62.3 Å². The van der Waals surface area contributed by atoms with Gasteiger partial charge >= 0.3 is 0 Å². The van der Waals surface area contributed by atoms with Crippen LogP contribution in [0.4, 0.5) is 5.82 Å². The van der Waals surface area contributed by atoms with E-state index in [1.165, 1.54) is 6.26 Å². The van der Waals surface area contributed by atoms with E-state index in [4.69, 9.17) is 0 Å². The third-order valence-corrected chi connectivity index (χ3v) is 4.85. The largest absolute Gasteiger partial charge is 0.366 e. The number of hydrogen-bond acceptors (Lipinski definition) is 5. The van der Waals surface area contributed by atoms with E-state index in [2.05, 4.69) is 29.0 Å². The molecule has 1 aromatic rings. The van der Waals surface area contributed by atoms with E-state index >= 15 is 0 Å². The minimum Gasteiger partial charge on any atom is -0.366 e. The van der Waals surface area contributed by atoms with Crippen molar-refractivity contribution in [1.82, 2.24) is 9.88 Å². The monoisotopic (exact) mass is 311 g/mol. The van der Waals surface area contributed by atoms with Gasteiger partial charge in [0.05, 0.1) is 0 Å². The Labute approximate surface area is 127 Å². The number of rotatable bonds is 5. The fourth-order valence-electron chi connectivity index (χ4n) is 2.77. The van der Waals surface area contributed by atoms with Crippen molar-refractivity contribution in [3.63, 3.8) is 0 Å². The number of nitrogens with one attached hydrogen (secondary N) is 1. The van der Waals surface area contributed by atoms with Crippen LogP contribution in [0.5, 0.6) is 0 Å². The number of aromatic nitrogens is 1. The van der Waals surface area contributed by atoms with Crippen LogP contribution in [-0.4, -0.2) is 50.2 Å². The van der Waals surface area contributed by atoms with Crippen molar-refractivity contribution in [2.24, 2.45) is 5.92 Å². The van der Waals surface area contributed by atoms with Gasteiger partial charge in [-0.05, 0) is 30.9 Å². The van der Waals surface area contributed by atoms with Crippen LogP contribution < -0.4 is 5.32 Å². The Hall–Kier alpha value is -1.14. The number of anilines is 1. The number of sulfone groups is 1. The van der Waals surface area contributed by atoms with E-state index in [0.29, 0.717) is 17.8 Å². The van der Waals surface area contributed by atoms with Gasteiger partial charge in [-0.25, -0.2) is 13.4 Å². The third kappa shape index (κ3) is 4.68. The van der Waals surface area contributed by atoms with E-state index < -0.39 is 9.84 Å². The summed E-state index contributed by atoms with van der Waals surface area (Å²) in [6, 6.07) is 3.56. The number of nitrogens with zero attached hydrogens (tertiary/aromatic N) is 2. The Kier molecular flexibility index (Phi) is 5.22. The molecule has 2 rings (SSSR count). The summed E-state index contributed by atoms with van der Waals surface area (Å²) in [4.78, 5) is 6.96. The average Bonchev–Trinajstić information content (AvgIpc) is 2.40. The molecule has 118 valence electrons. The maximum Gasteiger partial charge on any atom is 0.179 e. The fraction of sp³-hybridized carbons (Fsp3) is 0.667. The van der Waals surface area contributed by atoms with E-state index in [-0.39, 0.29) is 4.90 Å². The molecule has 0 aliphatic carbocycles. The maximum absolute atomic E-state index is 11.8. The van der Waals surface area contributed by atoms with Gasteiger partial charge in [-0.1, -0.05) is 13.8 Å². The van der Waals surface area contributed by atoms with Crippen LogP contribution >= 0.6 is 0 Å². The zero-order valence-electron chi connectivity index (χ0n) is 13.0. The van der Waals surface area contributed by atoms with Gasteiger partial charge in [0.1, 0.15) is 10.7 Å². The highest BCUT2D eigenvalue weighted by Gasteiger charge is 2.22. The molecule has 5 nitrogen and oxygen atoms in total. The summed E-state index contributed by atoms with van der Waals surface area (Å²) in [7, 11) is -3.25. The molecule has 2 heterocycles. The van der Waals surface area contributed by atoms with Crippen LogP contribution in [0.2, 0.25) is 0 Å². The molecule has 1 aliphatic heterocycles. The van der Waals surface area contributed by atoms with Gasteiger partial charge in [0.25, 0.3) is 0 Å². The molecule has 21 heavy (non-hydrogen) atoms. The summed E-state index contributed by atoms with van der Waals surface area (Å²) in [5.41, 5.74) is 0. The van der Waals surface area contributed by atoms with E-state index in [9.17, 15) is 8.42 Å². The van der Waals surface area contributed by atoms with Crippen molar-refractivity contribution >= 4 is 15.7 Å². The first-order valence-electron chi connectivity index (χ1n) is 7.50. The molecule has 0 bridgehead atoms. The van der Waals surface area contributed by atoms with Crippen LogP contribution in [0.1, 0.15) is 26.7 Å². The minimum absolute atomic E-state index is 0.287. The minimum atomic E-state index is -3.25. The summed E-state index contributed by atoms with van der Waals surface area (Å²) < 4.78 is 23.6. The molecule has 6 heteroatoms. The van der Waals surface area contributed by atoms with Crippen LogP contribution in [0, 0.1) is 5.92 Å². The lowest BCUT2D eigenvalue weighted by molar-refractivity contribution is 0.197. The molecule has 1 saturated heterocycles. The van der Waals surface area contributed by atoms with Crippen molar-refractivity contribution in [1.29, 1.82) is 0 Å². The Morgan fingerprint density at radius 3 is 2.62 bits per heavy atom. The van der Waals surface area contributed by atoms with Gasteiger partial charge in [0.15, 0.2) is 9.84 Å². The average molecular weight is 311 g/mol.